The molecule has 0 heterocycles. The van der Waals surface area contributed by atoms with Crippen molar-refractivity contribution in [2.24, 2.45) is 5.73 Å². The van der Waals surface area contributed by atoms with Crippen LogP contribution in [0.2, 0.25) is 0 Å². The van der Waals surface area contributed by atoms with E-state index in [1.165, 1.54) is 6.92 Å². The third-order valence-corrected chi connectivity index (χ3v) is 1.10. The molecular formula is C4H9NO2S. The Morgan fingerprint density at radius 1 is 1.88 bits per heavy atom. The first-order valence-corrected chi connectivity index (χ1v) is 2.67. The fraction of sp³-hybridized carbons (Fsp3) is 0.750. The summed E-state index contributed by atoms with van der Waals surface area (Å²) in [7, 11) is 0. The van der Waals surface area contributed by atoms with Crippen LogP contribution in [0, 0.1) is 0 Å². The molecule has 0 aliphatic heterocycles. The zero-order valence-electron chi connectivity index (χ0n) is 4.53. The van der Waals surface area contributed by atoms with Crippen molar-refractivity contribution in [1.82, 2.24) is 0 Å². The molecule has 2 atom stereocenters. The van der Waals surface area contributed by atoms with Gasteiger partial charge in [-0.2, -0.15) is 0 Å². The van der Waals surface area contributed by atoms with Crippen molar-refractivity contribution in [1.29, 1.82) is 0 Å². The zero-order valence-corrected chi connectivity index (χ0v) is 5.43. The van der Waals surface area contributed by atoms with E-state index in [2.05, 4.69) is 12.6 Å². The van der Waals surface area contributed by atoms with E-state index in [1.807, 2.05) is 0 Å². The van der Waals surface area contributed by atoms with Crippen LogP contribution in [0.25, 0.3) is 0 Å². The number of thiol groups is 1. The van der Waals surface area contributed by atoms with E-state index in [4.69, 9.17) is 10.8 Å². The molecule has 0 spiro atoms. The van der Waals surface area contributed by atoms with Crippen molar-refractivity contribution < 1.29 is 9.90 Å². The molecule has 0 aliphatic carbocycles. The third-order valence-electron chi connectivity index (χ3n) is 0.805. The summed E-state index contributed by atoms with van der Waals surface area (Å²) in [5.74, 6) is 0. The molecule has 3 N–H and O–H groups in total. The first kappa shape index (κ1) is 7.94. The van der Waals surface area contributed by atoms with Crippen LogP contribution in [0.1, 0.15) is 6.92 Å². The lowest BCUT2D eigenvalue weighted by atomic mass is 10.2. The molecule has 0 fully saturated rings. The average molecular weight is 135 g/mol. The molecule has 0 aliphatic rings. The van der Waals surface area contributed by atoms with Gasteiger partial charge in [0.2, 0.25) is 5.12 Å². The molecule has 0 aromatic carbocycles. The molecular weight excluding hydrogens is 126 g/mol. The molecule has 0 aromatic heterocycles. The molecule has 0 radical (unpaired) electrons. The van der Waals surface area contributed by atoms with Crippen LogP contribution in [-0.2, 0) is 4.79 Å². The molecule has 3 nitrogen and oxygen atoms in total. The summed E-state index contributed by atoms with van der Waals surface area (Å²) in [6, 6.07) is -0.849. The predicted molar refractivity (Wildman–Crippen MR) is 33.6 cm³/mol. The second-order valence-electron chi connectivity index (χ2n) is 1.60. The summed E-state index contributed by atoms with van der Waals surface area (Å²) in [5.41, 5.74) is 5.08. The van der Waals surface area contributed by atoms with Gasteiger partial charge in [-0.05, 0) is 6.92 Å². The first-order chi connectivity index (χ1) is 3.55. The molecule has 0 saturated heterocycles. The van der Waals surface area contributed by atoms with Gasteiger partial charge in [0, 0.05) is 0 Å². The van der Waals surface area contributed by atoms with E-state index in [0.717, 1.165) is 0 Å². The Bertz CT molecular complexity index is 94.0. The summed E-state index contributed by atoms with van der Waals surface area (Å²) in [4.78, 5) is 10.2. The number of hydrogen-bond donors (Lipinski definition) is 3. The Kier molecular flexibility index (Phi) is 3.04. The summed E-state index contributed by atoms with van der Waals surface area (Å²) in [5, 5.41) is 8.11. The topological polar surface area (TPSA) is 63.3 Å². The van der Waals surface area contributed by atoms with Gasteiger partial charge in [0.25, 0.3) is 0 Å². The molecule has 48 valence electrons. The smallest absolute Gasteiger partial charge is 0.205 e. The van der Waals surface area contributed by atoms with E-state index in [-0.39, 0.29) is 0 Å². The van der Waals surface area contributed by atoms with E-state index in [9.17, 15) is 4.79 Å². The highest BCUT2D eigenvalue weighted by Gasteiger charge is 2.13. The van der Waals surface area contributed by atoms with E-state index in [0.29, 0.717) is 0 Å². The number of carbonyl (C=O) groups excluding carboxylic acids is 1. The van der Waals surface area contributed by atoms with E-state index < -0.39 is 17.3 Å². The quantitative estimate of drug-likeness (QED) is 0.432. The van der Waals surface area contributed by atoms with Crippen molar-refractivity contribution in [3.63, 3.8) is 0 Å². The number of hydrogen-bond acceptors (Lipinski definition) is 3. The zero-order chi connectivity index (χ0) is 6.73. The Balaban J connectivity index is 3.64. The first-order valence-electron chi connectivity index (χ1n) is 2.22. The van der Waals surface area contributed by atoms with Gasteiger partial charge in [-0.1, -0.05) is 0 Å². The van der Waals surface area contributed by atoms with E-state index >= 15 is 0 Å². The number of nitrogens with two attached hydrogens (primary N) is 1. The van der Waals surface area contributed by atoms with Crippen molar-refractivity contribution in [3.8, 4) is 0 Å². The maximum Gasteiger partial charge on any atom is 0.205 e. The Morgan fingerprint density at radius 2 is 2.25 bits per heavy atom. The Morgan fingerprint density at radius 3 is 2.25 bits per heavy atom. The van der Waals surface area contributed by atoms with Crippen molar-refractivity contribution in [2.45, 2.75) is 19.1 Å². The maximum atomic E-state index is 10.2. The lowest BCUT2D eigenvalue weighted by Crippen LogP contribution is -2.37. The minimum atomic E-state index is -0.849. The highest BCUT2D eigenvalue weighted by molar-refractivity contribution is 7.96. The molecule has 0 bridgehead atoms. The fourth-order valence-corrected chi connectivity index (χ4v) is 0.422. The standard InChI is InChI=1S/C4H9NO2S/c1-2(6)3(5)4(7)8/h2-3,6H,5H2,1H3,(H,7,8)/t2?,3-/m0/s1. The molecule has 8 heavy (non-hydrogen) atoms. The minimum absolute atomic E-state index is 0.486. The van der Waals surface area contributed by atoms with Gasteiger partial charge >= 0.3 is 0 Å². The monoisotopic (exact) mass is 135 g/mol. The molecule has 0 saturated carbocycles. The van der Waals surface area contributed by atoms with Crippen LogP contribution in [0.4, 0.5) is 0 Å². The summed E-state index contributed by atoms with van der Waals surface area (Å²) < 4.78 is 0. The van der Waals surface area contributed by atoms with Gasteiger partial charge in [-0.15, -0.1) is 12.6 Å². The lowest BCUT2D eigenvalue weighted by molar-refractivity contribution is -0.113. The largest absolute Gasteiger partial charge is 0.391 e. The predicted octanol–water partition coefficient (Wildman–Crippen LogP) is -0.849. The van der Waals surface area contributed by atoms with Crippen LogP contribution >= 0.6 is 12.6 Å². The van der Waals surface area contributed by atoms with Crippen molar-refractivity contribution in [3.05, 3.63) is 0 Å². The molecule has 0 rings (SSSR count). The van der Waals surface area contributed by atoms with Crippen LogP contribution in [0.5, 0.6) is 0 Å². The van der Waals surface area contributed by atoms with Crippen LogP contribution < -0.4 is 5.73 Å². The highest BCUT2D eigenvalue weighted by atomic mass is 32.1. The average Bonchev–Trinajstić information content (AvgIpc) is 1.64. The summed E-state index contributed by atoms with van der Waals surface area (Å²) >= 11 is 3.41. The SMILES string of the molecule is CC(O)[C@H](N)C(=O)S. The van der Waals surface area contributed by atoms with E-state index in [1.54, 1.807) is 0 Å². The number of aliphatic hydroxyl groups is 1. The van der Waals surface area contributed by atoms with Crippen molar-refractivity contribution in [2.75, 3.05) is 0 Å². The second kappa shape index (κ2) is 3.06. The van der Waals surface area contributed by atoms with Gasteiger partial charge in [-0.25, -0.2) is 0 Å². The Labute approximate surface area is 53.3 Å². The van der Waals surface area contributed by atoms with Crippen LogP contribution in [0.3, 0.4) is 0 Å². The van der Waals surface area contributed by atoms with Crippen LogP contribution in [-0.4, -0.2) is 22.4 Å². The van der Waals surface area contributed by atoms with Gasteiger partial charge in [0.05, 0.1) is 12.1 Å². The second-order valence-corrected chi connectivity index (χ2v) is 2.05. The fourth-order valence-electron chi connectivity index (χ4n) is 0.206. The van der Waals surface area contributed by atoms with Gasteiger partial charge in [0.1, 0.15) is 0 Å². The molecule has 0 amide bonds. The van der Waals surface area contributed by atoms with Gasteiger partial charge < -0.3 is 10.8 Å². The lowest BCUT2D eigenvalue weighted by Gasteiger charge is -2.07. The third kappa shape index (κ3) is 2.30. The minimum Gasteiger partial charge on any atom is -0.391 e. The number of carbonyl (C=O) groups is 1. The highest BCUT2D eigenvalue weighted by Crippen LogP contribution is 1.92. The molecule has 0 aromatic rings. The summed E-state index contributed by atoms with van der Waals surface area (Å²) in [6.45, 7) is 1.44. The normalized spacial score (nSPS) is 17.5. The molecule has 1 unspecified atom stereocenters. The van der Waals surface area contributed by atoms with Gasteiger partial charge in [-0.3, -0.25) is 4.79 Å². The Hall–Kier alpha value is -0.0600. The van der Waals surface area contributed by atoms with Gasteiger partial charge in [0.15, 0.2) is 0 Å². The molecule has 4 heteroatoms. The number of rotatable bonds is 2. The van der Waals surface area contributed by atoms with Crippen LogP contribution in [0.15, 0.2) is 0 Å². The van der Waals surface area contributed by atoms with Crippen molar-refractivity contribution >= 4 is 17.7 Å². The summed E-state index contributed by atoms with van der Waals surface area (Å²) in [6.07, 6.45) is -0.806. The maximum absolute atomic E-state index is 10.2. The number of aliphatic hydroxyl groups excluding tert-OH is 1.